The largest absolute Gasteiger partial charge is 0.342 e. The molecule has 2 aromatic carbocycles. The molecular formula is C24H30N2O2. The first-order valence-electron chi connectivity index (χ1n) is 10.8. The molecule has 0 aromatic heterocycles. The molecule has 2 fully saturated rings. The number of carbonyl (C=O) groups is 2. The van der Waals surface area contributed by atoms with Gasteiger partial charge in [-0.1, -0.05) is 55.3 Å². The summed E-state index contributed by atoms with van der Waals surface area (Å²) in [6.45, 7) is 3.24. The van der Waals surface area contributed by atoms with Crippen LogP contribution in [0.25, 0.3) is 10.8 Å². The molecule has 2 aliphatic rings. The van der Waals surface area contributed by atoms with E-state index >= 15 is 0 Å². The Morgan fingerprint density at radius 1 is 0.786 bits per heavy atom. The Morgan fingerprint density at radius 2 is 1.46 bits per heavy atom. The summed E-state index contributed by atoms with van der Waals surface area (Å²) in [4.78, 5) is 29.7. The number of benzene rings is 2. The summed E-state index contributed by atoms with van der Waals surface area (Å²) in [5, 5.41) is 2.33. The molecule has 2 heterocycles. The molecular weight excluding hydrogens is 348 g/mol. The third-order valence-corrected chi connectivity index (χ3v) is 6.34. The molecule has 4 nitrogen and oxygen atoms in total. The van der Waals surface area contributed by atoms with Crippen LogP contribution in [0, 0.1) is 5.92 Å². The second-order valence-corrected chi connectivity index (χ2v) is 8.21. The zero-order valence-corrected chi connectivity index (χ0v) is 16.6. The average molecular weight is 379 g/mol. The van der Waals surface area contributed by atoms with Crippen molar-refractivity contribution in [3.05, 3.63) is 48.0 Å². The summed E-state index contributed by atoms with van der Waals surface area (Å²) in [6.07, 6.45) is 6.79. The van der Waals surface area contributed by atoms with E-state index in [-0.39, 0.29) is 11.8 Å². The van der Waals surface area contributed by atoms with Crippen LogP contribution in [0.15, 0.2) is 42.5 Å². The fourth-order valence-corrected chi connectivity index (χ4v) is 4.65. The second kappa shape index (κ2) is 8.76. The first-order valence-corrected chi connectivity index (χ1v) is 10.8. The first kappa shape index (κ1) is 19.0. The van der Waals surface area contributed by atoms with Gasteiger partial charge in [-0.15, -0.1) is 0 Å². The summed E-state index contributed by atoms with van der Waals surface area (Å²) in [6, 6.07) is 14.4. The van der Waals surface area contributed by atoms with Crippen molar-refractivity contribution in [2.45, 2.75) is 44.9 Å². The van der Waals surface area contributed by atoms with Crippen LogP contribution in [0.2, 0.25) is 0 Å². The molecule has 4 rings (SSSR count). The zero-order valence-electron chi connectivity index (χ0n) is 16.6. The zero-order chi connectivity index (χ0) is 19.3. The lowest BCUT2D eigenvalue weighted by atomic mass is 9.94. The predicted octanol–water partition coefficient (Wildman–Crippen LogP) is 4.02. The van der Waals surface area contributed by atoms with E-state index in [4.69, 9.17) is 0 Å². The number of hydrogen-bond acceptors (Lipinski definition) is 2. The number of likely N-dealkylation sites (tertiary alicyclic amines) is 2. The van der Waals surface area contributed by atoms with Crippen LogP contribution in [0.4, 0.5) is 0 Å². The molecule has 148 valence electrons. The predicted molar refractivity (Wildman–Crippen MR) is 112 cm³/mol. The van der Waals surface area contributed by atoms with Crippen molar-refractivity contribution in [3.8, 4) is 0 Å². The topological polar surface area (TPSA) is 40.6 Å². The number of nitrogens with zero attached hydrogens (tertiary/aromatic N) is 2. The maximum absolute atomic E-state index is 12.9. The highest BCUT2D eigenvalue weighted by atomic mass is 16.2. The molecule has 0 atom stereocenters. The lowest BCUT2D eigenvalue weighted by Crippen LogP contribution is -2.45. The fourth-order valence-electron chi connectivity index (χ4n) is 4.65. The minimum atomic E-state index is 0.0969. The summed E-state index contributed by atoms with van der Waals surface area (Å²) >= 11 is 0. The standard InChI is InChI=1S/C24H30N2O2/c27-23(18-21-10-7-9-19-8-3-4-11-22(19)21)25-16-12-20(13-17-25)24(28)26-14-5-1-2-6-15-26/h3-4,7-11,20H,1-2,5-6,12-18H2. The van der Waals surface area contributed by atoms with Gasteiger partial charge in [-0.2, -0.15) is 0 Å². The Balaban J connectivity index is 1.34. The molecule has 0 spiro atoms. The number of hydrogen-bond donors (Lipinski definition) is 0. The number of rotatable bonds is 3. The van der Waals surface area contributed by atoms with Crippen LogP contribution in [-0.2, 0) is 16.0 Å². The summed E-state index contributed by atoms with van der Waals surface area (Å²) in [5.74, 6) is 0.597. The Morgan fingerprint density at radius 3 is 2.21 bits per heavy atom. The van der Waals surface area contributed by atoms with Crippen LogP contribution in [0.1, 0.15) is 44.1 Å². The van der Waals surface area contributed by atoms with Crippen LogP contribution in [-0.4, -0.2) is 47.8 Å². The van der Waals surface area contributed by atoms with Crippen molar-refractivity contribution in [2.24, 2.45) is 5.92 Å². The quantitative estimate of drug-likeness (QED) is 0.809. The van der Waals surface area contributed by atoms with E-state index in [1.54, 1.807) is 0 Å². The van der Waals surface area contributed by atoms with E-state index in [9.17, 15) is 9.59 Å². The number of fused-ring (bicyclic) bond motifs is 1. The minimum absolute atomic E-state index is 0.0969. The SMILES string of the molecule is O=C(Cc1cccc2ccccc12)N1CCC(C(=O)N2CCCCCC2)CC1. The number of piperidine rings is 1. The van der Waals surface area contributed by atoms with Gasteiger partial charge in [-0.25, -0.2) is 0 Å². The Labute approximate surface area is 167 Å². The van der Waals surface area contributed by atoms with Gasteiger partial charge in [0.05, 0.1) is 6.42 Å². The summed E-state index contributed by atoms with van der Waals surface area (Å²) in [7, 11) is 0. The van der Waals surface area contributed by atoms with Gasteiger partial charge in [0, 0.05) is 32.1 Å². The van der Waals surface area contributed by atoms with E-state index < -0.39 is 0 Å². The van der Waals surface area contributed by atoms with Crippen molar-refractivity contribution in [2.75, 3.05) is 26.2 Å². The normalized spacial score (nSPS) is 18.9. The van der Waals surface area contributed by atoms with Crippen molar-refractivity contribution < 1.29 is 9.59 Å². The van der Waals surface area contributed by atoms with E-state index in [2.05, 4.69) is 29.2 Å². The van der Waals surface area contributed by atoms with Crippen LogP contribution < -0.4 is 0 Å². The van der Waals surface area contributed by atoms with Crippen molar-refractivity contribution in [3.63, 3.8) is 0 Å². The number of carbonyl (C=O) groups excluding carboxylic acids is 2. The molecule has 0 N–H and O–H groups in total. The molecule has 2 saturated heterocycles. The molecule has 2 aliphatic heterocycles. The molecule has 0 bridgehead atoms. The van der Waals surface area contributed by atoms with E-state index in [1.807, 2.05) is 23.1 Å². The third-order valence-electron chi connectivity index (χ3n) is 6.34. The van der Waals surface area contributed by atoms with Gasteiger partial charge in [0.2, 0.25) is 11.8 Å². The highest BCUT2D eigenvalue weighted by Crippen LogP contribution is 2.24. The average Bonchev–Trinajstić information content (AvgIpc) is 3.03. The maximum atomic E-state index is 12.9. The third kappa shape index (κ3) is 4.21. The van der Waals surface area contributed by atoms with Crippen LogP contribution in [0.3, 0.4) is 0 Å². The van der Waals surface area contributed by atoms with Gasteiger partial charge >= 0.3 is 0 Å². The van der Waals surface area contributed by atoms with E-state index in [0.717, 1.165) is 49.7 Å². The minimum Gasteiger partial charge on any atom is -0.342 e. The van der Waals surface area contributed by atoms with E-state index in [0.29, 0.717) is 25.4 Å². The number of amides is 2. The Bertz CT molecular complexity index is 826. The lowest BCUT2D eigenvalue weighted by molar-refractivity contribution is -0.140. The molecule has 0 aliphatic carbocycles. The van der Waals surface area contributed by atoms with Gasteiger partial charge < -0.3 is 9.80 Å². The molecule has 0 unspecified atom stereocenters. The van der Waals surface area contributed by atoms with Crippen molar-refractivity contribution in [1.82, 2.24) is 9.80 Å². The monoisotopic (exact) mass is 378 g/mol. The fraction of sp³-hybridized carbons (Fsp3) is 0.500. The molecule has 2 amide bonds. The van der Waals surface area contributed by atoms with Gasteiger partial charge in [0.15, 0.2) is 0 Å². The molecule has 0 saturated carbocycles. The Kier molecular flexibility index (Phi) is 5.94. The van der Waals surface area contributed by atoms with Crippen molar-refractivity contribution in [1.29, 1.82) is 0 Å². The van der Waals surface area contributed by atoms with Gasteiger partial charge in [-0.3, -0.25) is 9.59 Å². The summed E-state index contributed by atoms with van der Waals surface area (Å²) in [5.41, 5.74) is 1.09. The molecule has 0 radical (unpaired) electrons. The van der Waals surface area contributed by atoms with Crippen LogP contribution >= 0.6 is 0 Å². The maximum Gasteiger partial charge on any atom is 0.227 e. The smallest absolute Gasteiger partial charge is 0.227 e. The highest BCUT2D eigenvalue weighted by Gasteiger charge is 2.30. The van der Waals surface area contributed by atoms with Gasteiger partial charge in [0.1, 0.15) is 0 Å². The Hall–Kier alpha value is -2.36. The van der Waals surface area contributed by atoms with E-state index in [1.165, 1.54) is 18.2 Å². The van der Waals surface area contributed by atoms with Gasteiger partial charge in [0.25, 0.3) is 0 Å². The first-order chi connectivity index (χ1) is 13.7. The molecule has 2 aromatic rings. The lowest BCUT2D eigenvalue weighted by Gasteiger charge is -2.34. The summed E-state index contributed by atoms with van der Waals surface area (Å²) < 4.78 is 0. The molecule has 4 heteroatoms. The van der Waals surface area contributed by atoms with Crippen LogP contribution in [0.5, 0.6) is 0 Å². The highest BCUT2D eigenvalue weighted by molar-refractivity contribution is 5.90. The van der Waals surface area contributed by atoms with Gasteiger partial charge in [-0.05, 0) is 42.0 Å². The second-order valence-electron chi connectivity index (χ2n) is 8.21. The van der Waals surface area contributed by atoms with Crippen molar-refractivity contribution >= 4 is 22.6 Å². The molecule has 28 heavy (non-hydrogen) atoms.